The average molecular weight is 426 g/mol. The Morgan fingerprint density at radius 3 is 2.62 bits per heavy atom. The van der Waals surface area contributed by atoms with Crippen molar-refractivity contribution in [2.45, 2.75) is 13.3 Å². The van der Waals surface area contributed by atoms with Gasteiger partial charge in [-0.2, -0.15) is 0 Å². The Morgan fingerprint density at radius 2 is 1.90 bits per heavy atom. The number of aromatic nitrogens is 1. The number of nitrogens with zero attached hydrogens (tertiary/aromatic N) is 2. The van der Waals surface area contributed by atoms with Crippen molar-refractivity contribution in [2.24, 2.45) is 4.99 Å². The quantitative estimate of drug-likeness (QED) is 0.735. The van der Waals surface area contributed by atoms with Gasteiger partial charge in [-0.15, -0.1) is 0 Å². The highest BCUT2D eigenvalue weighted by molar-refractivity contribution is 6.50. The van der Waals surface area contributed by atoms with Crippen LogP contribution in [-0.4, -0.2) is 23.0 Å². The highest BCUT2D eigenvalue weighted by Crippen LogP contribution is 2.33. The molecule has 0 amide bonds. The number of hydrogen-bond donors (Lipinski definition) is 1. The van der Waals surface area contributed by atoms with E-state index in [1.165, 1.54) is 6.07 Å². The fraction of sp³-hybridized carbons (Fsp3) is 0.136. The number of pyridine rings is 1. The van der Waals surface area contributed by atoms with Crippen molar-refractivity contribution in [2.75, 3.05) is 11.4 Å². The van der Waals surface area contributed by atoms with Gasteiger partial charge in [-0.1, -0.05) is 40.9 Å². The molecule has 2 aromatic rings. The fourth-order valence-electron chi connectivity index (χ4n) is 3.33. The number of H-pyrrole nitrogens is 1. The number of carbonyl (C=O) groups is 1. The van der Waals surface area contributed by atoms with Gasteiger partial charge in [-0.25, -0.2) is 4.99 Å². The number of aliphatic imine (C=N–C) groups is 1. The number of fused-ring (bicyclic) bond motifs is 1. The summed E-state index contributed by atoms with van der Waals surface area (Å²) < 4.78 is 0. The Balaban J connectivity index is 1.83. The van der Waals surface area contributed by atoms with Crippen LogP contribution in [0.5, 0.6) is 0 Å². The van der Waals surface area contributed by atoms with E-state index in [1.54, 1.807) is 30.5 Å². The van der Waals surface area contributed by atoms with E-state index >= 15 is 0 Å². The number of rotatable bonds is 2. The average Bonchev–Trinajstić information content (AvgIpc) is 2.89. The van der Waals surface area contributed by atoms with Crippen LogP contribution in [0.1, 0.15) is 13.3 Å². The number of hydrogen-bond acceptors (Lipinski definition) is 4. The van der Waals surface area contributed by atoms with Crippen LogP contribution in [0.25, 0.3) is 0 Å². The number of aromatic amines is 1. The fourth-order valence-corrected chi connectivity index (χ4v) is 3.63. The van der Waals surface area contributed by atoms with Crippen molar-refractivity contribution in [3.63, 3.8) is 0 Å². The van der Waals surface area contributed by atoms with Crippen LogP contribution in [0.2, 0.25) is 10.0 Å². The van der Waals surface area contributed by atoms with Crippen molar-refractivity contribution in [1.29, 1.82) is 0 Å². The first kappa shape index (κ1) is 19.4. The van der Waals surface area contributed by atoms with Crippen LogP contribution in [0.15, 0.2) is 81.4 Å². The molecule has 1 aromatic carbocycles. The van der Waals surface area contributed by atoms with Gasteiger partial charge in [0.15, 0.2) is 0 Å². The van der Waals surface area contributed by atoms with E-state index < -0.39 is 0 Å². The minimum absolute atomic E-state index is 0.119. The van der Waals surface area contributed by atoms with Gasteiger partial charge in [0.1, 0.15) is 5.71 Å². The third-order valence-electron chi connectivity index (χ3n) is 4.73. The van der Waals surface area contributed by atoms with E-state index in [9.17, 15) is 9.59 Å². The van der Waals surface area contributed by atoms with Crippen molar-refractivity contribution >= 4 is 46.1 Å². The molecule has 0 radical (unpaired) electrons. The summed E-state index contributed by atoms with van der Waals surface area (Å²) in [4.78, 5) is 33.7. The lowest BCUT2D eigenvalue weighted by molar-refractivity contribution is -0.111. The second-order valence-corrected chi connectivity index (χ2v) is 7.62. The summed E-state index contributed by atoms with van der Waals surface area (Å²) in [7, 11) is 0. The molecule has 2 heterocycles. The highest BCUT2D eigenvalue weighted by atomic mass is 35.5. The van der Waals surface area contributed by atoms with Gasteiger partial charge < -0.3 is 9.88 Å². The molecule has 1 fully saturated rings. The second-order valence-electron chi connectivity index (χ2n) is 6.81. The maximum atomic E-state index is 13.1. The highest BCUT2D eigenvalue weighted by Gasteiger charge is 2.32. The van der Waals surface area contributed by atoms with Crippen LogP contribution >= 0.6 is 23.2 Å². The monoisotopic (exact) mass is 425 g/mol. The summed E-state index contributed by atoms with van der Waals surface area (Å²) in [6, 6.07) is 8.18. The van der Waals surface area contributed by atoms with Crippen LogP contribution < -0.4 is 10.5 Å². The molecule has 1 aromatic heterocycles. The number of benzene rings is 1. The number of piperidine rings is 1. The SMILES string of the molecule is CC1=CCC=C2C(=C1)C(=Nc1ccc(Cl)c(Cl)c1)C(=O)CN2c1ccc(=O)[nH]c1. The van der Waals surface area contributed by atoms with E-state index in [-0.39, 0.29) is 17.9 Å². The first-order chi connectivity index (χ1) is 13.9. The molecule has 1 saturated heterocycles. The van der Waals surface area contributed by atoms with E-state index in [4.69, 9.17) is 23.2 Å². The van der Waals surface area contributed by atoms with Crippen molar-refractivity contribution < 1.29 is 4.79 Å². The summed E-state index contributed by atoms with van der Waals surface area (Å²) in [5.74, 6) is -0.125. The van der Waals surface area contributed by atoms with Crippen LogP contribution in [0.4, 0.5) is 11.4 Å². The number of halogens is 2. The largest absolute Gasteiger partial charge is 0.332 e. The zero-order valence-corrected chi connectivity index (χ0v) is 17.1. The van der Waals surface area contributed by atoms with Gasteiger partial charge in [0.25, 0.3) is 0 Å². The molecule has 0 atom stereocenters. The number of Topliss-reactive ketones (excluding diaryl/α,β-unsaturated/α-hetero) is 1. The lowest BCUT2D eigenvalue weighted by atomic mass is 9.95. The maximum absolute atomic E-state index is 13.1. The molecule has 7 heteroatoms. The zero-order chi connectivity index (χ0) is 20.5. The number of anilines is 1. The molecule has 2 aliphatic rings. The van der Waals surface area contributed by atoms with E-state index in [2.05, 4.69) is 22.1 Å². The van der Waals surface area contributed by atoms with Gasteiger partial charge in [0, 0.05) is 23.5 Å². The van der Waals surface area contributed by atoms with Crippen molar-refractivity contribution in [3.05, 3.63) is 92.0 Å². The van der Waals surface area contributed by atoms with Gasteiger partial charge >= 0.3 is 0 Å². The first-order valence-corrected chi connectivity index (χ1v) is 9.80. The molecule has 29 heavy (non-hydrogen) atoms. The standard InChI is InChI=1S/C22H17Cl2N3O2/c1-13-3-2-4-19-16(9-13)22(26-14-5-7-17(23)18(24)10-14)20(28)12-27(19)15-6-8-21(29)25-11-15/h3-11H,2,12H2,1H3,(H,25,29). The first-order valence-electron chi connectivity index (χ1n) is 9.05. The summed E-state index contributed by atoms with van der Waals surface area (Å²) in [5.41, 5.74) is 4.15. The number of carbonyl (C=O) groups excluding carboxylic acids is 1. The number of ketones is 1. The minimum atomic E-state index is -0.193. The molecule has 5 nitrogen and oxygen atoms in total. The zero-order valence-electron chi connectivity index (χ0n) is 15.6. The molecule has 0 unspecified atom stereocenters. The Labute approximate surface area is 177 Å². The summed E-state index contributed by atoms with van der Waals surface area (Å²) >= 11 is 12.1. The third kappa shape index (κ3) is 3.97. The smallest absolute Gasteiger partial charge is 0.248 e. The summed E-state index contributed by atoms with van der Waals surface area (Å²) in [5, 5.41) is 0.816. The summed E-state index contributed by atoms with van der Waals surface area (Å²) in [6.07, 6.45) is 8.45. The molecule has 4 rings (SSSR count). The topological polar surface area (TPSA) is 65.5 Å². The normalized spacial score (nSPS) is 18.0. The molecule has 0 bridgehead atoms. The van der Waals surface area contributed by atoms with E-state index in [0.717, 1.165) is 29.0 Å². The molecular formula is C22H17Cl2N3O2. The van der Waals surface area contributed by atoms with Crippen LogP contribution in [-0.2, 0) is 4.79 Å². The van der Waals surface area contributed by atoms with Gasteiger partial charge in [-0.3, -0.25) is 9.59 Å². The Bertz CT molecular complexity index is 1170. The Morgan fingerprint density at radius 1 is 1.07 bits per heavy atom. The van der Waals surface area contributed by atoms with Gasteiger partial charge in [0.2, 0.25) is 11.3 Å². The van der Waals surface area contributed by atoms with Gasteiger partial charge in [0.05, 0.1) is 28.0 Å². The number of nitrogens with one attached hydrogen (secondary N) is 1. The van der Waals surface area contributed by atoms with Crippen LogP contribution in [0.3, 0.4) is 0 Å². The Kier molecular flexibility index (Phi) is 5.26. The summed E-state index contributed by atoms with van der Waals surface area (Å²) in [6.45, 7) is 2.11. The number of allylic oxidation sites excluding steroid dienone is 5. The lowest BCUT2D eigenvalue weighted by Gasteiger charge is -2.33. The van der Waals surface area contributed by atoms with Crippen molar-refractivity contribution in [1.82, 2.24) is 4.98 Å². The molecular weight excluding hydrogens is 409 g/mol. The molecule has 0 spiro atoms. The Hall–Kier alpha value is -2.89. The van der Waals surface area contributed by atoms with Crippen LogP contribution in [0, 0.1) is 0 Å². The molecule has 1 aliphatic heterocycles. The van der Waals surface area contributed by atoms with Crippen molar-refractivity contribution in [3.8, 4) is 0 Å². The maximum Gasteiger partial charge on any atom is 0.248 e. The third-order valence-corrected chi connectivity index (χ3v) is 5.47. The molecule has 146 valence electrons. The predicted octanol–water partition coefficient (Wildman–Crippen LogP) is 5.00. The molecule has 0 saturated carbocycles. The molecule has 1 N–H and O–H groups in total. The van der Waals surface area contributed by atoms with E-state index in [1.807, 2.05) is 17.9 Å². The minimum Gasteiger partial charge on any atom is -0.332 e. The lowest BCUT2D eigenvalue weighted by Crippen LogP contribution is -2.41. The van der Waals surface area contributed by atoms with E-state index in [0.29, 0.717) is 21.4 Å². The second kappa shape index (κ2) is 7.85. The van der Waals surface area contributed by atoms with Gasteiger partial charge in [-0.05, 0) is 43.7 Å². The predicted molar refractivity (Wildman–Crippen MR) is 118 cm³/mol. The molecule has 1 aliphatic carbocycles.